The SMILES string of the molecule is CCCCCCCCCCC/C=C\C=C/C(=O)OC. The average molecular weight is 266 g/mol. The largest absolute Gasteiger partial charge is 0.466 e. The zero-order valence-electron chi connectivity index (χ0n) is 12.7. The van der Waals surface area contributed by atoms with Crippen LogP contribution in [0.2, 0.25) is 0 Å². The fourth-order valence-corrected chi connectivity index (χ4v) is 1.95. The van der Waals surface area contributed by atoms with E-state index in [2.05, 4.69) is 17.7 Å². The van der Waals surface area contributed by atoms with Gasteiger partial charge in [-0.15, -0.1) is 0 Å². The molecular formula is C17H30O2. The minimum Gasteiger partial charge on any atom is -0.466 e. The highest BCUT2D eigenvalue weighted by Gasteiger charge is 1.91. The first-order chi connectivity index (χ1) is 9.31. The van der Waals surface area contributed by atoms with Gasteiger partial charge in [0.1, 0.15) is 0 Å². The minimum absolute atomic E-state index is 0.298. The molecule has 2 nitrogen and oxygen atoms in total. The van der Waals surface area contributed by atoms with Crippen molar-refractivity contribution in [2.75, 3.05) is 7.11 Å². The van der Waals surface area contributed by atoms with Crippen LogP contribution >= 0.6 is 0 Å². The Labute approximate surface area is 118 Å². The first-order valence-corrected chi connectivity index (χ1v) is 7.72. The molecule has 0 aromatic heterocycles. The van der Waals surface area contributed by atoms with Crippen LogP contribution in [0.1, 0.15) is 71.1 Å². The van der Waals surface area contributed by atoms with Gasteiger partial charge < -0.3 is 4.74 Å². The van der Waals surface area contributed by atoms with Crippen LogP contribution in [0.5, 0.6) is 0 Å². The third-order valence-electron chi connectivity index (χ3n) is 3.16. The molecular weight excluding hydrogens is 236 g/mol. The Balaban J connectivity index is 3.20. The predicted molar refractivity (Wildman–Crippen MR) is 82.1 cm³/mol. The molecule has 0 saturated heterocycles. The van der Waals surface area contributed by atoms with E-state index in [9.17, 15) is 4.79 Å². The van der Waals surface area contributed by atoms with Gasteiger partial charge >= 0.3 is 5.97 Å². The topological polar surface area (TPSA) is 26.3 Å². The van der Waals surface area contributed by atoms with E-state index in [1.54, 1.807) is 6.08 Å². The number of carbonyl (C=O) groups is 1. The Morgan fingerprint density at radius 2 is 1.47 bits per heavy atom. The Morgan fingerprint density at radius 1 is 0.895 bits per heavy atom. The Morgan fingerprint density at radius 3 is 2.05 bits per heavy atom. The Hall–Kier alpha value is -1.05. The molecule has 0 atom stereocenters. The fourth-order valence-electron chi connectivity index (χ4n) is 1.95. The van der Waals surface area contributed by atoms with E-state index in [0.717, 1.165) is 6.42 Å². The van der Waals surface area contributed by atoms with Gasteiger partial charge in [-0.25, -0.2) is 4.79 Å². The second-order valence-electron chi connectivity index (χ2n) is 4.93. The van der Waals surface area contributed by atoms with Crippen molar-refractivity contribution in [3.63, 3.8) is 0 Å². The van der Waals surface area contributed by atoms with Gasteiger partial charge in [-0.2, -0.15) is 0 Å². The lowest BCUT2D eigenvalue weighted by molar-refractivity contribution is -0.134. The third-order valence-corrected chi connectivity index (χ3v) is 3.16. The van der Waals surface area contributed by atoms with E-state index < -0.39 is 0 Å². The Kier molecular flexibility index (Phi) is 14.2. The first-order valence-electron chi connectivity index (χ1n) is 7.72. The summed E-state index contributed by atoms with van der Waals surface area (Å²) in [4.78, 5) is 10.8. The van der Waals surface area contributed by atoms with Gasteiger partial charge in [0.15, 0.2) is 0 Å². The zero-order valence-corrected chi connectivity index (χ0v) is 12.7. The monoisotopic (exact) mass is 266 g/mol. The van der Waals surface area contributed by atoms with Crippen LogP contribution in [-0.4, -0.2) is 13.1 Å². The van der Waals surface area contributed by atoms with Gasteiger partial charge in [-0.1, -0.05) is 76.5 Å². The summed E-state index contributed by atoms with van der Waals surface area (Å²) in [7, 11) is 1.39. The molecule has 110 valence electrons. The molecule has 0 fully saturated rings. The third kappa shape index (κ3) is 14.9. The summed E-state index contributed by atoms with van der Waals surface area (Å²) in [6.07, 6.45) is 20.6. The van der Waals surface area contributed by atoms with Crippen molar-refractivity contribution in [1.82, 2.24) is 0 Å². The van der Waals surface area contributed by atoms with Crippen molar-refractivity contribution < 1.29 is 9.53 Å². The van der Waals surface area contributed by atoms with E-state index >= 15 is 0 Å². The summed E-state index contributed by atoms with van der Waals surface area (Å²) < 4.78 is 4.50. The normalized spacial score (nSPS) is 11.5. The molecule has 19 heavy (non-hydrogen) atoms. The maximum atomic E-state index is 10.8. The minimum atomic E-state index is -0.298. The number of carbonyl (C=O) groups excluding carboxylic acids is 1. The molecule has 0 aliphatic heterocycles. The number of ether oxygens (including phenoxy) is 1. The molecule has 0 unspecified atom stereocenters. The molecule has 0 rings (SSSR count). The second-order valence-corrected chi connectivity index (χ2v) is 4.93. The highest BCUT2D eigenvalue weighted by atomic mass is 16.5. The van der Waals surface area contributed by atoms with E-state index in [1.807, 2.05) is 6.08 Å². The second kappa shape index (κ2) is 15.0. The fraction of sp³-hybridized carbons (Fsp3) is 0.706. The molecule has 0 N–H and O–H groups in total. The van der Waals surface area contributed by atoms with Crippen LogP contribution in [0.15, 0.2) is 24.3 Å². The number of rotatable bonds is 12. The number of methoxy groups -OCH3 is 1. The molecule has 0 aliphatic rings. The molecule has 0 spiro atoms. The highest BCUT2D eigenvalue weighted by Crippen LogP contribution is 2.10. The van der Waals surface area contributed by atoms with E-state index in [-0.39, 0.29) is 5.97 Å². The van der Waals surface area contributed by atoms with Crippen LogP contribution < -0.4 is 0 Å². The number of hydrogen-bond donors (Lipinski definition) is 0. The van der Waals surface area contributed by atoms with E-state index in [1.165, 1.54) is 71.0 Å². The van der Waals surface area contributed by atoms with Crippen LogP contribution in [0.25, 0.3) is 0 Å². The van der Waals surface area contributed by atoms with E-state index in [0.29, 0.717) is 0 Å². The summed E-state index contributed by atoms with van der Waals surface area (Å²) in [6.45, 7) is 2.26. The number of allylic oxidation sites excluding steroid dienone is 3. The quantitative estimate of drug-likeness (QED) is 0.210. The number of esters is 1. The number of hydrogen-bond acceptors (Lipinski definition) is 2. The van der Waals surface area contributed by atoms with Crippen LogP contribution in [0.3, 0.4) is 0 Å². The standard InChI is InChI=1S/C17H30O2/c1-3-4-5-6-7-8-9-10-11-12-13-14-15-16-17(18)19-2/h13-16H,3-12H2,1-2H3/b14-13-,16-15-. The van der Waals surface area contributed by atoms with Gasteiger partial charge in [0.2, 0.25) is 0 Å². The molecule has 0 aromatic rings. The van der Waals surface area contributed by atoms with Crippen LogP contribution in [0, 0.1) is 0 Å². The highest BCUT2D eigenvalue weighted by molar-refractivity contribution is 5.82. The van der Waals surface area contributed by atoms with Gasteiger partial charge in [0.25, 0.3) is 0 Å². The molecule has 0 heterocycles. The summed E-state index contributed by atoms with van der Waals surface area (Å²) >= 11 is 0. The van der Waals surface area contributed by atoms with Crippen molar-refractivity contribution in [1.29, 1.82) is 0 Å². The molecule has 0 bridgehead atoms. The smallest absolute Gasteiger partial charge is 0.330 e. The van der Waals surface area contributed by atoms with Crippen molar-refractivity contribution in [2.45, 2.75) is 71.1 Å². The predicted octanol–water partition coefficient (Wildman–Crippen LogP) is 5.19. The first kappa shape index (κ1) is 17.9. The van der Waals surface area contributed by atoms with Crippen molar-refractivity contribution >= 4 is 5.97 Å². The maximum Gasteiger partial charge on any atom is 0.330 e. The van der Waals surface area contributed by atoms with Crippen LogP contribution in [-0.2, 0) is 9.53 Å². The molecule has 2 heteroatoms. The average Bonchev–Trinajstić information content (AvgIpc) is 2.43. The van der Waals surface area contributed by atoms with Crippen molar-refractivity contribution in [2.24, 2.45) is 0 Å². The van der Waals surface area contributed by atoms with Gasteiger partial charge in [-0.05, 0) is 12.8 Å². The molecule has 0 saturated carbocycles. The lowest BCUT2D eigenvalue weighted by Gasteiger charge is -2.00. The summed E-state index contributed by atoms with van der Waals surface area (Å²) in [5, 5.41) is 0. The van der Waals surface area contributed by atoms with Crippen molar-refractivity contribution in [3.8, 4) is 0 Å². The molecule has 0 aromatic carbocycles. The molecule has 0 aliphatic carbocycles. The van der Waals surface area contributed by atoms with Crippen LogP contribution in [0.4, 0.5) is 0 Å². The lowest BCUT2D eigenvalue weighted by Crippen LogP contribution is -1.92. The molecule has 0 amide bonds. The van der Waals surface area contributed by atoms with Gasteiger partial charge in [-0.3, -0.25) is 0 Å². The van der Waals surface area contributed by atoms with Crippen molar-refractivity contribution in [3.05, 3.63) is 24.3 Å². The zero-order chi connectivity index (χ0) is 14.2. The molecule has 0 radical (unpaired) electrons. The Bertz CT molecular complexity index is 254. The summed E-state index contributed by atoms with van der Waals surface area (Å²) in [5.41, 5.74) is 0. The summed E-state index contributed by atoms with van der Waals surface area (Å²) in [6, 6.07) is 0. The van der Waals surface area contributed by atoms with Gasteiger partial charge in [0.05, 0.1) is 7.11 Å². The van der Waals surface area contributed by atoms with Gasteiger partial charge in [0, 0.05) is 6.08 Å². The summed E-state index contributed by atoms with van der Waals surface area (Å²) in [5.74, 6) is -0.298. The lowest BCUT2D eigenvalue weighted by atomic mass is 10.1. The number of unbranched alkanes of at least 4 members (excludes halogenated alkanes) is 9. The van der Waals surface area contributed by atoms with E-state index in [4.69, 9.17) is 0 Å². The maximum absolute atomic E-state index is 10.8.